The van der Waals surface area contributed by atoms with E-state index in [-0.39, 0.29) is 12.5 Å². The zero-order chi connectivity index (χ0) is 24.2. The van der Waals surface area contributed by atoms with Crippen LogP contribution in [0.4, 0.5) is 18.9 Å². The molecule has 0 amide bonds. The Bertz CT molecular complexity index is 1320. The maximum Gasteiger partial charge on any atom is 0.386 e. The second-order valence-corrected chi connectivity index (χ2v) is 8.85. The van der Waals surface area contributed by atoms with Crippen molar-refractivity contribution in [2.75, 3.05) is 4.72 Å². The molecule has 4 nitrogen and oxygen atoms in total. The SMILES string of the molecule is CC(F)(F)F.O=c1[nH]nc(-c2ccc(Cl)cc2NSc2ccc(Cl)cc2)c2cccc(Cl)c12. The highest BCUT2D eigenvalue weighted by molar-refractivity contribution is 8.00. The molecule has 0 atom stereocenters. The highest BCUT2D eigenvalue weighted by Crippen LogP contribution is 2.36. The van der Waals surface area contributed by atoms with Crippen LogP contribution in [0.3, 0.4) is 0 Å². The van der Waals surface area contributed by atoms with Crippen LogP contribution in [0, 0.1) is 0 Å². The first-order chi connectivity index (χ1) is 15.5. The number of H-pyrrole nitrogens is 1. The molecule has 0 aliphatic carbocycles. The summed E-state index contributed by atoms with van der Waals surface area (Å²) >= 11 is 19.8. The normalized spacial score (nSPS) is 11.1. The van der Waals surface area contributed by atoms with Gasteiger partial charge in [-0.3, -0.25) is 4.79 Å². The maximum atomic E-state index is 12.2. The fourth-order valence-corrected chi connectivity index (χ4v) is 4.03. The molecule has 0 aliphatic heterocycles. The number of rotatable bonds is 4. The van der Waals surface area contributed by atoms with Gasteiger partial charge in [-0.2, -0.15) is 18.3 Å². The molecule has 172 valence electrons. The minimum absolute atomic E-state index is 0.188. The average Bonchev–Trinajstić information content (AvgIpc) is 2.73. The lowest BCUT2D eigenvalue weighted by atomic mass is 10.0. The first kappa shape index (κ1) is 25.2. The second-order valence-electron chi connectivity index (χ2n) is 6.69. The van der Waals surface area contributed by atoms with Crippen molar-refractivity contribution in [1.29, 1.82) is 0 Å². The van der Waals surface area contributed by atoms with Crippen LogP contribution in [0.25, 0.3) is 22.0 Å². The quantitative estimate of drug-likeness (QED) is 0.260. The topological polar surface area (TPSA) is 57.8 Å². The molecule has 4 rings (SSSR count). The van der Waals surface area contributed by atoms with E-state index in [0.717, 1.165) is 16.1 Å². The van der Waals surface area contributed by atoms with E-state index in [1.165, 1.54) is 11.9 Å². The molecule has 3 aromatic carbocycles. The van der Waals surface area contributed by atoms with Crippen molar-refractivity contribution in [3.05, 3.63) is 86.1 Å². The van der Waals surface area contributed by atoms with E-state index in [9.17, 15) is 18.0 Å². The first-order valence-corrected chi connectivity index (χ1v) is 11.2. The van der Waals surface area contributed by atoms with Gasteiger partial charge >= 0.3 is 6.18 Å². The van der Waals surface area contributed by atoms with Gasteiger partial charge in [0, 0.05) is 32.8 Å². The Morgan fingerprint density at radius 2 is 1.61 bits per heavy atom. The van der Waals surface area contributed by atoms with Crippen LogP contribution < -0.4 is 10.3 Å². The lowest BCUT2D eigenvalue weighted by molar-refractivity contribution is -0.110. The number of alkyl halides is 3. The molecular weight excluding hydrogens is 518 g/mol. The van der Waals surface area contributed by atoms with E-state index < -0.39 is 6.18 Å². The molecule has 0 saturated carbocycles. The third kappa shape index (κ3) is 7.04. The van der Waals surface area contributed by atoms with E-state index >= 15 is 0 Å². The molecule has 0 saturated heterocycles. The number of benzene rings is 3. The fraction of sp³-hybridized carbons (Fsp3) is 0.0909. The summed E-state index contributed by atoms with van der Waals surface area (Å²) < 4.78 is 34.4. The van der Waals surface area contributed by atoms with Gasteiger partial charge in [0.2, 0.25) is 0 Å². The van der Waals surface area contributed by atoms with Gasteiger partial charge in [-0.1, -0.05) is 46.9 Å². The zero-order valence-electron chi connectivity index (χ0n) is 16.8. The van der Waals surface area contributed by atoms with Crippen molar-refractivity contribution in [1.82, 2.24) is 10.2 Å². The van der Waals surface area contributed by atoms with Crippen molar-refractivity contribution >= 4 is 63.2 Å². The van der Waals surface area contributed by atoms with Crippen LogP contribution in [-0.2, 0) is 0 Å². The number of aromatic amines is 1. The number of nitrogens with one attached hydrogen (secondary N) is 2. The van der Waals surface area contributed by atoms with Crippen LogP contribution in [0.2, 0.25) is 15.1 Å². The Kier molecular flexibility index (Phi) is 8.18. The predicted molar refractivity (Wildman–Crippen MR) is 130 cm³/mol. The van der Waals surface area contributed by atoms with E-state index in [0.29, 0.717) is 31.5 Å². The van der Waals surface area contributed by atoms with Crippen LogP contribution in [0.5, 0.6) is 0 Å². The smallest absolute Gasteiger partial charge is 0.325 e. The summed E-state index contributed by atoms with van der Waals surface area (Å²) in [5.74, 6) is 0. The maximum absolute atomic E-state index is 12.2. The Morgan fingerprint density at radius 3 is 2.27 bits per heavy atom. The molecule has 11 heteroatoms. The summed E-state index contributed by atoms with van der Waals surface area (Å²) in [6.45, 7) is 0.188. The van der Waals surface area contributed by atoms with Gasteiger partial charge in [0.1, 0.15) is 5.69 Å². The Labute approximate surface area is 206 Å². The molecule has 0 bridgehead atoms. The molecule has 0 unspecified atom stereocenters. The third-order valence-electron chi connectivity index (χ3n) is 4.09. The summed E-state index contributed by atoms with van der Waals surface area (Å²) in [6, 6.07) is 18.2. The molecule has 1 heterocycles. The Morgan fingerprint density at radius 1 is 0.970 bits per heavy atom. The number of hydrogen-bond acceptors (Lipinski definition) is 4. The van der Waals surface area contributed by atoms with Crippen LogP contribution >= 0.6 is 46.8 Å². The van der Waals surface area contributed by atoms with Crippen molar-refractivity contribution in [2.45, 2.75) is 18.0 Å². The number of nitrogens with zero attached hydrogens (tertiary/aromatic N) is 1. The summed E-state index contributed by atoms with van der Waals surface area (Å²) in [7, 11) is 0. The molecular formula is C22H15Cl3F3N3OS. The van der Waals surface area contributed by atoms with E-state index in [4.69, 9.17) is 34.8 Å². The lowest BCUT2D eigenvalue weighted by Crippen LogP contribution is -2.10. The van der Waals surface area contributed by atoms with E-state index in [2.05, 4.69) is 14.9 Å². The van der Waals surface area contributed by atoms with Gasteiger partial charge in [-0.05, 0) is 60.5 Å². The number of aromatic nitrogens is 2. The van der Waals surface area contributed by atoms with E-state index in [1.54, 1.807) is 18.2 Å². The molecule has 1 aromatic heterocycles. The molecule has 0 radical (unpaired) electrons. The molecule has 4 aromatic rings. The van der Waals surface area contributed by atoms with Gasteiger partial charge in [0.05, 0.1) is 16.1 Å². The minimum atomic E-state index is -4.00. The Balaban J connectivity index is 0.000000555. The Hall–Kier alpha value is -2.39. The molecule has 0 spiro atoms. The zero-order valence-corrected chi connectivity index (χ0v) is 19.9. The molecule has 2 N–H and O–H groups in total. The van der Waals surface area contributed by atoms with Crippen LogP contribution in [-0.4, -0.2) is 16.4 Å². The highest BCUT2D eigenvalue weighted by Gasteiger charge is 2.16. The highest BCUT2D eigenvalue weighted by atomic mass is 35.5. The number of halogens is 6. The van der Waals surface area contributed by atoms with Crippen LogP contribution in [0.1, 0.15) is 6.92 Å². The van der Waals surface area contributed by atoms with Crippen molar-refractivity contribution < 1.29 is 13.2 Å². The molecule has 33 heavy (non-hydrogen) atoms. The summed E-state index contributed by atoms with van der Waals surface area (Å²) in [4.78, 5) is 13.2. The summed E-state index contributed by atoms with van der Waals surface area (Å²) in [5, 5.41) is 9.50. The van der Waals surface area contributed by atoms with Crippen molar-refractivity contribution in [2.24, 2.45) is 0 Å². The largest absolute Gasteiger partial charge is 0.386 e. The van der Waals surface area contributed by atoms with Gasteiger partial charge in [-0.15, -0.1) is 0 Å². The monoisotopic (exact) mass is 531 g/mol. The second kappa shape index (κ2) is 10.7. The average molecular weight is 533 g/mol. The fourth-order valence-electron chi connectivity index (χ4n) is 2.80. The summed E-state index contributed by atoms with van der Waals surface area (Å²) in [6.07, 6.45) is -4.00. The number of hydrogen-bond donors (Lipinski definition) is 2. The minimum Gasteiger partial charge on any atom is -0.325 e. The lowest BCUT2D eigenvalue weighted by Gasteiger charge is -2.13. The first-order valence-electron chi connectivity index (χ1n) is 9.25. The van der Waals surface area contributed by atoms with Crippen LogP contribution in [0.15, 0.2) is 70.4 Å². The molecule has 0 aliphatic rings. The van der Waals surface area contributed by atoms with E-state index in [1.807, 2.05) is 42.5 Å². The van der Waals surface area contributed by atoms with Gasteiger partial charge in [0.25, 0.3) is 5.56 Å². The third-order valence-corrected chi connectivity index (χ3v) is 5.73. The number of anilines is 1. The predicted octanol–water partition coefficient (Wildman–Crippen LogP) is 8.24. The van der Waals surface area contributed by atoms with Gasteiger partial charge in [-0.25, -0.2) is 5.10 Å². The van der Waals surface area contributed by atoms with Crippen molar-refractivity contribution in [3.8, 4) is 11.3 Å². The standard InChI is InChI=1S/C20H12Cl3N3OS.C2H3F3/c21-11-4-7-13(8-5-11)28-26-17-10-12(22)6-9-14(17)19-15-2-1-3-16(23)18(15)20(27)25-24-19;1-2(3,4)5/h1-10,26H,(H,25,27);1H3. The molecule has 0 fully saturated rings. The van der Waals surface area contributed by atoms with Gasteiger partial charge < -0.3 is 4.72 Å². The van der Waals surface area contributed by atoms with Gasteiger partial charge in [0.15, 0.2) is 0 Å². The summed E-state index contributed by atoms with van der Waals surface area (Å²) in [5.41, 5.74) is 1.82. The van der Waals surface area contributed by atoms with Crippen molar-refractivity contribution in [3.63, 3.8) is 0 Å². The number of fused-ring (bicyclic) bond motifs is 1.